The minimum Gasteiger partial charge on any atom is -0.0616 e. The molecule has 0 aliphatic heterocycles. The Balaban J connectivity index is 2.00. The maximum Gasteiger partial charge on any atom is -0.000730 e. The van der Waals surface area contributed by atoms with Gasteiger partial charge in [0.2, 0.25) is 0 Å². The Bertz CT molecular complexity index is 2920. The molecule has 0 saturated heterocycles. The summed E-state index contributed by atoms with van der Waals surface area (Å²) in [6.45, 7) is 67.8. The average molecular weight is 962 g/mol. The quantitative estimate of drug-likeness (QED) is 0.165. The number of hydrogen-bond donors (Lipinski definition) is 0. The topological polar surface area (TPSA) is 0 Å². The van der Waals surface area contributed by atoms with Gasteiger partial charge in [0.25, 0.3) is 0 Å². The summed E-state index contributed by atoms with van der Waals surface area (Å²) in [5, 5.41) is 0. The van der Waals surface area contributed by atoms with E-state index in [-0.39, 0.29) is 43.3 Å². The molecule has 0 aromatic heterocycles. The molecule has 1 aliphatic carbocycles. The molecule has 0 radical (unpaired) electrons. The number of benzene rings is 6. The van der Waals surface area contributed by atoms with E-state index in [1.165, 1.54) is 134 Å². The summed E-state index contributed by atoms with van der Waals surface area (Å²) in [5.41, 5.74) is 32.6. The summed E-state index contributed by atoms with van der Waals surface area (Å²) >= 11 is 0. The number of fused-ring (bicyclic) bond motifs is 4. The first-order chi connectivity index (χ1) is 32.5. The van der Waals surface area contributed by atoms with Gasteiger partial charge in [0.05, 0.1) is 0 Å². The van der Waals surface area contributed by atoms with Crippen molar-refractivity contribution in [3.8, 4) is 66.8 Å². The Hall–Kier alpha value is -4.68. The molecule has 1 aliphatic rings. The van der Waals surface area contributed by atoms with Crippen molar-refractivity contribution in [3.05, 3.63) is 140 Å². The van der Waals surface area contributed by atoms with Gasteiger partial charge in [0.15, 0.2) is 0 Å². The standard InChI is InChI=1S/C72H96/c1-41-51(65(5,6)7)37-33-47(61(41)69(17,18)19)57-55-45-31-29-30-32-46(45)56(55)58(48-34-38-52(66(8,9)10)42(2)62(48)70(20,21)22)60(50-36-40-54(68(14,15)16)44(4)64(50)72(26,27)28)59(57)49-35-39-53(67(11,12)13)43(3)63(49)71(23,24)25/h29-40H,1-28H3. The lowest BCUT2D eigenvalue weighted by atomic mass is 9.62. The first-order valence-corrected chi connectivity index (χ1v) is 27.5. The maximum atomic E-state index is 2.57. The van der Waals surface area contributed by atoms with E-state index in [2.05, 4.69) is 267 Å². The third-order valence-electron chi connectivity index (χ3n) is 16.1. The van der Waals surface area contributed by atoms with E-state index in [0.29, 0.717) is 0 Å². The fourth-order valence-electron chi connectivity index (χ4n) is 14.0. The van der Waals surface area contributed by atoms with E-state index in [0.717, 1.165) is 0 Å². The highest BCUT2D eigenvalue weighted by atomic mass is 14.5. The molecule has 0 heteroatoms. The summed E-state index contributed by atoms with van der Waals surface area (Å²) in [6.07, 6.45) is 0. The molecule has 6 aromatic carbocycles. The third-order valence-corrected chi connectivity index (χ3v) is 16.1. The molecular formula is C72H96. The van der Waals surface area contributed by atoms with Gasteiger partial charge in [-0.05, 0) is 205 Å². The van der Waals surface area contributed by atoms with E-state index in [1.807, 2.05) is 0 Å². The van der Waals surface area contributed by atoms with Gasteiger partial charge in [-0.1, -0.05) is 239 Å². The van der Waals surface area contributed by atoms with Crippen LogP contribution in [-0.4, -0.2) is 0 Å². The van der Waals surface area contributed by atoms with Crippen LogP contribution in [0.1, 0.15) is 233 Å². The minimum absolute atomic E-state index is 0.0220. The Kier molecular flexibility index (Phi) is 13.4. The van der Waals surface area contributed by atoms with Gasteiger partial charge in [-0.15, -0.1) is 0 Å². The largest absolute Gasteiger partial charge is 0.0616 e. The lowest BCUT2D eigenvalue weighted by molar-refractivity contribution is 0.561. The van der Waals surface area contributed by atoms with Gasteiger partial charge in [-0.2, -0.15) is 0 Å². The van der Waals surface area contributed by atoms with Gasteiger partial charge in [-0.25, -0.2) is 0 Å². The fraction of sp³-hybridized carbons (Fsp3) is 0.500. The van der Waals surface area contributed by atoms with Crippen molar-refractivity contribution in [2.24, 2.45) is 0 Å². The normalized spacial score (nSPS) is 13.8. The highest BCUT2D eigenvalue weighted by Gasteiger charge is 2.42. The van der Waals surface area contributed by atoms with Crippen LogP contribution in [0.5, 0.6) is 0 Å². The predicted molar refractivity (Wildman–Crippen MR) is 321 cm³/mol. The molecule has 6 aromatic rings. The first-order valence-electron chi connectivity index (χ1n) is 27.5. The second-order valence-electron chi connectivity index (χ2n) is 30.4. The molecule has 0 unspecified atom stereocenters. The lowest BCUT2D eigenvalue weighted by Gasteiger charge is -2.41. The van der Waals surface area contributed by atoms with Crippen molar-refractivity contribution >= 4 is 0 Å². The zero-order chi connectivity index (χ0) is 54.3. The summed E-state index contributed by atoms with van der Waals surface area (Å²) in [4.78, 5) is 0. The van der Waals surface area contributed by atoms with E-state index in [1.54, 1.807) is 0 Å². The molecule has 0 bridgehead atoms. The van der Waals surface area contributed by atoms with Crippen LogP contribution >= 0.6 is 0 Å². The molecule has 0 nitrogen and oxygen atoms in total. The summed E-state index contributed by atoms with van der Waals surface area (Å²) in [7, 11) is 0. The Morgan fingerprint density at radius 2 is 0.361 bits per heavy atom. The van der Waals surface area contributed by atoms with E-state index < -0.39 is 0 Å². The second-order valence-corrected chi connectivity index (χ2v) is 30.4. The van der Waals surface area contributed by atoms with Gasteiger partial charge in [0, 0.05) is 0 Å². The van der Waals surface area contributed by atoms with E-state index in [4.69, 9.17) is 0 Å². The highest BCUT2D eigenvalue weighted by molar-refractivity contribution is 6.23. The SMILES string of the molecule is Cc1c(C(C)(C)C)ccc(-c2c3c(c(-c4ccc(C(C)(C)C)c(C)c4C(C)(C)C)c(-c4ccc(C(C)(C)C)c(C)c4C(C)(C)C)c2-c2ccc(C(C)(C)C)c(C)c2C(C)(C)C)-c2ccccc2-3)c1C(C)(C)C. The average Bonchev–Trinajstić information content (AvgIpc) is 3.17. The zero-order valence-corrected chi connectivity index (χ0v) is 50.9. The van der Waals surface area contributed by atoms with Crippen LogP contribution in [0.3, 0.4) is 0 Å². The van der Waals surface area contributed by atoms with E-state index in [9.17, 15) is 0 Å². The lowest BCUT2D eigenvalue weighted by Crippen LogP contribution is -2.24. The van der Waals surface area contributed by atoms with Crippen LogP contribution in [0.15, 0.2) is 72.8 Å². The van der Waals surface area contributed by atoms with Crippen LogP contribution in [0.2, 0.25) is 0 Å². The van der Waals surface area contributed by atoms with Crippen molar-refractivity contribution in [3.63, 3.8) is 0 Å². The summed E-state index contributed by atoms with van der Waals surface area (Å²) in [5.74, 6) is 0. The maximum absolute atomic E-state index is 2.57. The Morgan fingerprint density at radius 1 is 0.194 bits per heavy atom. The van der Waals surface area contributed by atoms with Gasteiger partial charge in [0.1, 0.15) is 0 Å². The molecule has 0 saturated carbocycles. The number of rotatable bonds is 4. The molecule has 7 rings (SSSR count). The van der Waals surface area contributed by atoms with Crippen molar-refractivity contribution in [1.82, 2.24) is 0 Å². The predicted octanol–water partition coefficient (Wildman–Crippen LogP) is 21.6. The van der Waals surface area contributed by atoms with Gasteiger partial charge >= 0.3 is 0 Å². The van der Waals surface area contributed by atoms with Crippen molar-refractivity contribution < 1.29 is 0 Å². The van der Waals surface area contributed by atoms with Crippen LogP contribution in [-0.2, 0) is 43.3 Å². The van der Waals surface area contributed by atoms with Crippen molar-refractivity contribution in [2.45, 2.75) is 237 Å². The Labute approximate surface area is 441 Å². The van der Waals surface area contributed by atoms with E-state index >= 15 is 0 Å². The molecule has 0 spiro atoms. The second kappa shape index (κ2) is 17.5. The zero-order valence-electron chi connectivity index (χ0n) is 50.9. The molecular weight excluding hydrogens is 865 g/mol. The molecule has 0 amide bonds. The first kappa shape index (κ1) is 55.1. The summed E-state index contributed by atoms with van der Waals surface area (Å²) < 4.78 is 0. The van der Waals surface area contributed by atoms with Crippen LogP contribution in [0.25, 0.3) is 66.8 Å². The minimum atomic E-state index is -0.185. The third kappa shape index (κ3) is 9.32. The summed E-state index contributed by atoms with van der Waals surface area (Å²) in [6, 6.07) is 29.6. The van der Waals surface area contributed by atoms with Crippen LogP contribution in [0.4, 0.5) is 0 Å². The smallest absolute Gasteiger partial charge is 0.000730 e. The molecule has 384 valence electrons. The van der Waals surface area contributed by atoms with Crippen molar-refractivity contribution in [2.75, 3.05) is 0 Å². The fourth-order valence-corrected chi connectivity index (χ4v) is 14.0. The van der Waals surface area contributed by atoms with Crippen LogP contribution < -0.4 is 0 Å². The molecule has 0 heterocycles. The molecule has 0 atom stereocenters. The monoisotopic (exact) mass is 961 g/mol. The molecule has 0 N–H and O–H groups in total. The Morgan fingerprint density at radius 3 is 0.514 bits per heavy atom. The highest BCUT2D eigenvalue weighted by Crippen LogP contribution is 2.65. The number of hydrogen-bond acceptors (Lipinski definition) is 0. The van der Waals surface area contributed by atoms with Crippen molar-refractivity contribution in [1.29, 1.82) is 0 Å². The van der Waals surface area contributed by atoms with Gasteiger partial charge < -0.3 is 0 Å². The molecule has 0 fully saturated rings. The van der Waals surface area contributed by atoms with Crippen LogP contribution in [0, 0.1) is 27.7 Å². The molecule has 72 heavy (non-hydrogen) atoms. The van der Waals surface area contributed by atoms with Gasteiger partial charge in [-0.3, -0.25) is 0 Å².